The van der Waals surface area contributed by atoms with Gasteiger partial charge in [-0.3, -0.25) is 4.79 Å². The number of amides is 1. The fourth-order valence-corrected chi connectivity index (χ4v) is 3.22. The van der Waals surface area contributed by atoms with Crippen molar-refractivity contribution in [1.82, 2.24) is 4.98 Å². The van der Waals surface area contributed by atoms with Gasteiger partial charge < -0.3 is 14.8 Å². The van der Waals surface area contributed by atoms with Crippen molar-refractivity contribution in [2.45, 2.75) is 58.5 Å². The number of aryl methyl sites for hydroxylation is 1. The normalized spacial score (nSPS) is 24.3. The highest BCUT2D eigenvalue weighted by molar-refractivity contribution is 5.97. The quantitative estimate of drug-likeness (QED) is 0.868. The Morgan fingerprint density at radius 1 is 1.48 bits per heavy atom. The Morgan fingerprint density at radius 2 is 2.26 bits per heavy atom. The van der Waals surface area contributed by atoms with Gasteiger partial charge in [0.05, 0.1) is 18.5 Å². The van der Waals surface area contributed by atoms with E-state index >= 15 is 0 Å². The molecule has 0 radical (unpaired) electrons. The summed E-state index contributed by atoms with van der Waals surface area (Å²) in [5.41, 5.74) is 0.751. The topological polar surface area (TPSA) is 60.5 Å². The van der Waals surface area contributed by atoms with Gasteiger partial charge in [0, 0.05) is 12.7 Å². The second kappa shape index (κ2) is 7.77. The van der Waals surface area contributed by atoms with Crippen LogP contribution >= 0.6 is 0 Å². The fraction of sp³-hybridized carbons (Fsp3) is 0.667. The van der Waals surface area contributed by atoms with E-state index in [0.717, 1.165) is 37.8 Å². The smallest absolute Gasteiger partial charge is 0.256 e. The molecular formula is C18H28N2O3. The highest BCUT2D eigenvalue weighted by atomic mass is 16.5. The Morgan fingerprint density at radius 3 is 2.87 bits per heavy atom. The van der Waals surface area contributed by atoms with E-state index < -0.39 is 5.60 Å². The summed E-state index contributed by atoms with van der Waals surface area (Å²) < 4.78 is 11.2. The number of methoxy groups -OCH3 is 1. The molecule has 2 rings (SSSR count). The summed E-state index contributed by atoms with van der Waals surface area (Å²) in [6.07, 6.45) is 4.66. The molecule has 0 unspecified atom stereocenters. The van der Waals surface area contributed by atoms with Gasteiger partial charge in [0.15, 0.2) is 0 Å². The lowest BCUT2D eigenvalue weighted by molar-refractivity contribution is -0.148. The van der Waals surface area contributed by atoms with Crippen molar-refractivity contribution in [2.24, 2.45) is 5.92 Å². The molecule has 1 heterocycles. The molecule has 1 aromatic rings. The second-order valence-electron chi connectivity index (χ2n) is 6.48. The van der Waals surface area contributed by atoms with Crippen LogP contribution in [0.2, 0.25) is 0 Å². The third kappa shape index (κ3) is 4.22. The van der Waals surface area contributed by atoms with Crippen molar-refractivity contribution in [2.75, 3.05) is 19.0 Å². The highest BCUT2D eigenvalue weighted by Gasteiger charge is 2.42. The van der Waals surface area contributed by atoms with Gasteiger partial charge in [-0.2, -0.15) is 0 Å². The van der Waals surface area contributed by atoms with Crippen LogP contribution in [-0.2, 0) is 9.53 Å². The van der Waals surface area contributed by atoms with Crippen molar-refractivity contribution in [3.05, 3.63) is 17.8 Å². The van der Waals surface area contributed by atoms with E-state index in [0.29, 0.717) is 24.1 Å². The van der Waals surface area contributed by atoms with Gasteiger partial charge in [0.25, 0.3) is 5.91 Å². The number of hydrogen-bond donors (Lipinski definition) is 1. The first kappa shape index (κ1) is 17.7. The first-order valence-electron chi connectivity index (χ1n) is 8.48. The van der Waals surface area contributed by atoms with E-state index in [1.54, 1.807) is 13.2 Å². The molecule has 1 amide bonds. The van der Waals surface area contributed by atoms with E-state index in [4.69, 9.17) is 9.47 Å². The minimum absolute atomic E-state index is 0.0485. The Labute approximate surface area is 138 Å². The first-order valence-corrected chi connectivity index (χ1v) is 8.48. The average Bonchev–Trinajstić information content (AvgIpc) is 2.54. The lowest BCUT2D eigenvalue weighted by Gasteiger charge is -2.38. The van der Waals surface area contributed by atoms with Gasteiger partial charge >= 0.3 is 0 Å². The summed E-state index contributed by atoms with van der Waals surface area (Å²) in [6.45, 7) is 6.73. The van der Waals surface area contributed by atoms with Gasteiger partial charge in [0.2, 0.25) is 5.88 Å². The third-order valence-electron chi connectivity index (χ3n) is 4.47. The number of hydrogen-bond acceptors (Lipinski definition) is 4. The summed E-state index contributed by atoms with van der Waals surface area (Å²) in [7, 11) is 1.58. The van der Waals surface area contributed by atoms with Crippen molar-refractivity contribution >= 4 is 11.6 Å². The zero-order chi connectivity index (χ0) is 16.9. The molecule has 2 atom stereocenters. The Balaban J connectivity index is 2.17. The molecule has 1 aromatic heterocycles. The molecule has 0 aliphatic heterocycles. The first-order chi connectivity index (χ1) is 11.0. The maximum Gasteiger partial charge on any atom is 0.256 e. The Bertz CT molecular complexity index is 547. The third-order valence-corrected chi connectivity index (χ3v) is 4.47. The number of anilines is 1. The summed E-state index contributed by atoms with van der Waals surface area (Å²) in [5, 5.41) is 3.02. The van der Waals surface area contributed by atoms with E-state index in [2.05, 4.69) is 24.1 Å². The molecule has 0 spiro atoms. The summed E-state index contributed by atoms with van der Waals surface area (Å²) in [4.78, 5) is 17.3. The number of nitrogens with zero attached hydrogens (tertiary/aromatic N) is 1. The van der Waals surface area contributed by atoms with Crippen LogP contribution in [0.3, 0.4) is 0 Å². The van der Waals surface area contributed by atoms with Crippen molar-refractivity contribution in [3.63, 3.8) is 0 Å². The van der Waals surface area contributed by atoms with Crippen LogP contribution in [0.5, 0.6) is 5.88 Å². The van der Waals surface area contributed by atoms with E-state index in [9.17, 15) is 4.79 Å². The van der Waals surface area contributed by atoms with E-state index in [-0.39, 0.29) is 5.91 Å². The minimum atomic E-state index is -0.708. The largest absolute Gasteiger partial charge is 0.481 e. The average molecular weight is 320 g/mol. The number of nitrogens with one attached hydrogen (secondary N) is 1. The standard InChI is InChI=1S/C18H28N2O3/c1-5-11-23-18(10-6-7-13(2)12-18)17(21)20-15-8-9-16(22-4)19-14(15)3/h8-9,13H,5-7,10-12H2,1-4H3,(H,20,21)/t13-,18-/m0/s1. The van der Waals surface area contributed by atoms with Gasteiger partial charge in [-0.15, -0.1) is 0 Å². The van der Waals surface area contributed by atoms with Crippen LogP contribution in [-0.4, -0.2) is 30.2 Å². The molecule has 0 aromatic carbocycles. The molecule has 5 heteroatoms. The number of carbonyl (C=O) groups is 1. The van der Waals surface area contributed by atoms with Gasteiger partial charge in [-0.1, -0.05) is 20.3 Å². The van der Waals surface area contributed by atoms with E-state index in [1.807, 2.05) is 13.0 Å². The SMILES string of the molecule is CCCO[C@@]1(C(=O)Nc2ccc(OC)nc2C)CCC[C@H](C)C1. The number of aromatic nitrogens is 1. The molecule has 1 aliphatic rings. The molecule has 1 aliphatic carbocycles. The molecule has 23 heavy (non-hydrogen) atoms. The predicted octanol–water partition coefficient (Wildman–Crippen LogP) is 3.71. The molecule has 0 saturated heterocycles. The second-order valence-corrected chi connectivity index (χ2v) is 6.48. The zero-order valence-corrected chi connectivity index (χ0v) is 14.6. The lowest BCUT2D eigenvalue weighted by atomic mass is 9.78. The fourth-order valence-electron chi connectivity index (χ4n) is 3.22. The molecule has 1 saturated carbocycles. The predicted molar refractivity (Wildman–Crippen MR) is 90.8 cm³/mol. The van der Waals surface area contributed by atoms with Crippen molar-refractivity contribution < 1.29 is 14.3 Å². The van der Waals surface area contributed by atoms with Crippen LogP contribution in [0.25, 0.3) is 0 Å². The van der Waals surface area contributed by atoms with Crippen LogP contribution in [0.4, 0.5) is 5.69 Å². The Kier molecular flexibility index (Phi) is 5.99. The molecule has 1 fully saturated rings. The molecule has 1 N–H and O–H groups in total. The number of rotatable bonds is 6. The molecule has 0 bridgehead atoms. The maximum atomic E-state index is 13.0. The van der Waals surface area contributed by atoms with Gasteiger partial charge in [0.1, 0.15) is 5.60 Å². The van der Waals surface area contributed by atoms with Crippen molar-refractivity contribution in [1.29, 1.82) is 0 Å². The summed E-state index contributed by atoms with van der Waals surface area (Å²) in [5.74, 6) is 0.998. The van der Waals surface area contributed by atoms with Crippen LogP contribution in [0.1, 0.15) is 51.6 Å². The summed E-state index contributed by atoms with van der Waals surface area (Å²) in [6, 6.07) is 3.59. The van der Waals surface area contributed by atoms with Crippen LogP contribution < -0.4 is 10.1 Å². The van der Waals surface area contributed by atoms with E-state index in [1.165, 1.54) is 0 Å². The highest BCUT2D eigenvalue weighted by Crippen LogP contribution is 2.36. The maximum absolute atomic E-state index is 13.0. The van der Waals surface area contributed by atoms with Crippen molar-refractivity contribution in [3.8, 4) is 5.88 Å². The summed E-state index contributed by atoms with van der Waals surface area (Å²) >= 11 is 0. The number of pyridine rings is 1. The van der Waals surface area contributed by atoms with Gasteiger partial charge in [-0.05, 0) is 44.6 Å². The molecule has 128 valence electrons. The number of ether oxygens (including phenoxy) is 2. The lowest BCUT2D eigenvalue weighted by Crippen LogP contribution is -2.49. The molecule has 5 nitrogen and oxygen atoms in total. The number of carbonyl (C=O) groups excluding carboxylic acids is 1. The minimum Gasteiger partial charge on any atom is -0.481 e. The van der Waals surface area contributed by atoms with Crippen LogP contribution in [0.15, 0.2) is 12.1 Å². The van der Waals surface area contributed by atoms with Gasteiger partial charge in [-0.25, -0.2) is 4.98 Å². The van der Waals surface area contributed by atoms with Crippen LogP contribution in [0, 0.1) is 12.8 Å². The monoisotopic (exact) mass is 320 g/mol. The zero-order valence-electron chi connectivity index (χ0n) is 14.6. The Hall–Kier alpha value is -1.62. The molecular weight excluding hydrogens is 292 g/mol.